The third-order valence-corrected chi connectivity index (χ3v) is 3.26. The van der Waals surface area contributed by atoms with Crippen LogP contribution in [-0.4, -0.2) is 22.6 Å². The number of phenols is 1. The minimum Gasteiger partial charge on any atom is -0.508 e. The van der Waals surface area contributed by atoms with Crippen molar-refractivity contribution < 1.29 is 36.6 Å². The predicted molar refractivity (Wildman–Crippen MR) is 66.0 cm³/mol. The molecule has 0 aliphatic carbocycles. The minimum absolute atomic E-state index is 0.132. The van der Waals surface area contributed by atoms with Crippen LogP contribution in [0.4, 0.5) is 32.0 Å². The molecule has 4 N–H and O–H groups in total. The number of aromatic hydroxyl groups is 1. The molecule has 0 bridgehead atoms. The minimum atomic E-state index is -6.01. The molecule has 0 saturated carbocycles. The van der Waals surface area contributed by atoms with Crippen molar-refractivity contribution in [1.29, 1.82) is 0 Å². The summed E-state index contributed by atoms with van der Waals surface area (Å²) < 4.78 is 77.2. The van der Waals surface area contributed by atoms with Crippen LogP contribution >= 0.6 is 0 Å². The monoisotopic (exact) mass is 325 g/mol. The number of aliphatic hydroxyl groups is 1. The van der Waals surface area contributed by atoms with Crippen LogP contribution in [0.25, 0.3) is 10.8 Å². The van der Waals surface area contributed by atoms with E-state index in [4.69, 9.17) is 5.73 Å². The van der Waals surface area contributed by atoms with Crippen LogP contribution in [-0.2, 0) is 5.60 Å². The summed E-state index contributed by atoms with van der Waals surface area (Å²) in [5.74, 6) is -0.235. The van der Waals surface area contributed by atoms with E-state index in [1.807, 2.05) is 0 Å². The number of benzene rings is 2. The fourth-order valence-corrected chi connectivity index (χ4v) is 2.12. The van der Waals surface area contributed by atoms with E-state index in [9.17, 15) is 36.6 Å². The van der Waals surface area contributed by atoms with Crippen molar-refractivity contribution in [2.45, 2.75) is 18.0 Å². The molecule has 0 fully saturated rings. The van der Waals surface area contributed by atoms with Gasteiger partial charge in [0.1, 0.15) is 5.75 Å². The van der Waals surface area contributed by atoms with Gasteiger partial charge in [0.25, 0.3) is 5.60 Å². The number of fused-ring (bicyclic) bond motifs is 1. The van der Waals surface area contributed by atoms with Gasteiger partial charge in [0.15, 0.2) is 0 Å². The van der Waals surface area contributed by atoms with Gasteiger partial charge in [-0.3, -0.25) is 0 Å². The lowest BCUT2D eigenvalue weighted by Gasteiger charge is -2.33. The summed E-state index contributed by atoms with van der Waals surface area (Å²) in [4.78, 5) is 0. The Morgan fingerprint density at radius 3 is 1.91 bits per heavy atom. The number of halogens is 6. The van der Waals surface area contributed by atoms with Gasteiger partial charge in [-0.2, -0.15) is 26.3 Å². The van der Waals surface area contributed by atoms with Gasteiger partial charge in [-0.1, -0.05) is 12.1 Å². The first kappa shape index (κ1) is 16.2. The number of nitrogens with two attached hydrogens (primary N) is 1. The molecule has 2 aromatic rings. The summed E-state index contributed by atoms with van der Waals surface area (Å²) >= 11 is 0. The fraction of sp³-hybridized carbons (Fsp3) is 0.231. The molecule has 2 aromatic carbocycles. The molecule has 0 heterocycles. The SMILES string of the molecule is Nc1c(C(O)(C(F)(F)F)C(F)(F)F)ccc2cc(O)ccc12. The van der Waals surface area contributed by atoms with Crippen molar-refractivity contribution in [2.75, 3.05) is 5.73 Å². The predicted octanol–water partition coefficient (Wildman–Crippen LogP) is 3.44. The molecule has 0 aliphatic rings. The Hall–Kier alpha value is -2.16. The van der Waals surface area contributed by atoms with Crippen molar-refractivity contribution in [3.8, 4) is 5.75 Å². The summed E-state index contributed by atoms with van der Waals surface area (Å²) in [5.41, 5.74) is -2.05. The Morgan fingerprint density at radius 2 is 1.41 bits per heavy atom. The highest BCUT2D eigenvalue weighted by Gasteiger charge is 2.72. The molecule has 0 aromatic heterocycles. The van der Waals surface area contributed by atoms with Crippen LogP contribution in [0.5, 0.6) is 5.75 Å². The Bertz CT molecular complexity index is 709. The number of rotatable bonds is 1. The van der Waals surface area contributed by atoms with Gasteiger partial charge in [-0.05, 0) is 23.6 Å². The summed E-state index contributed by atoms with van der Waals surface area (Å²) in [7, 11) is 0. The molecule has 0 atom stereocenters. The molecule has 120 valence electrons. The topological polar surface area (TPSA) is 66.5 Å². The smallest absolute Gasteiger partial charge is 0.430 e. The average Bonchev–Trinajstić information content (AvgIpc) is 2.35. The second-order valence-electron chi connectivity index (χ2n) is 4.64. The first-order chi connectivity index (χ1) is 9.89. The maximum absolute atomic E-state index is 12.9. The average molecular weight is 325 g/mol. The van der Waals surface area contributed by atoms with Crippen molar-refractivity contribution in [1.82, 2.24) is 0 Å². The van der Waals surface area contributed by atoms with E-state index < -0.39 is 29.2 Å². The first-order valence-corrected chi connectivity index (χ1v) is 5.77. The molecule has 0 saturated heterocycles. The van der Waals surface area contributed by atoms with Gasteiger partial charge >= 0.3 is 12.4 Å². The molecule has 2 rings (SSSR count). The van der Waals surface area contributed by atoms with E-state index in [1.54, 1.807) is 0 Å². The van der Waals surface area contributed by atoms with E-state index in [0.29, 0.717) is 6.07 Å². The number of hydrogen-bond acceptors (Lipinski definition) is 3. The lowest BCUT2D eigenvalue weighted by molar-refractivity contribution is -0.375. The highest BCUT2D eigenvalue weighted by atomic mass is 19.4. The summed E-state index contributed by atoms with van der Waals surface area (Å²) in [6, 6.07) is 4.59. The maximum atomic E-state index is 12.9. The zero-order chi connectivity index (χ0) is 16.9. The fourth-order valence-electron chi connectivity index (χ4n) is 2.12. The zero-order valence-electron chi connectivity index (χ0n) is 10.6. The van der Waals surface area contributed by atoms with E-state index in [2.05, 4.69) is 0 Å². The van der Waals surface area contributed by atoms with Crippen molar-refractivity contribution >= 4 is 16.5 Å². The lowest BCUT2D eigenvalue weighted by atomic mass is 9.88. The van der Waals surface area contributed by atoms with E-state index >= 15 is 0 Å². The number of nitrogen functional groups attached to an aromatic ring is 1. The van der Waals surface area contributed by atoms with Gasteiger partial charge < -0.3 is 15.9 Å². The summed E-state index contributed by atoms with van der Waals surface area (Å²) in [6.07, 6.45) is -12.0. The third-order valence-electron chi connectivity index (χ3n) is 3.26. The second kappa shape index (κ2) is 4.67. The van der Waals surface area contributed by atoms with Crippen molar-refractivity contribution in [2.24, 2.45) is 0 Å². The highest BCUT2D eigenvalue weighted by molar-refractivity contribution is 5.95. The zero-order valence-corrected chi connectivity index (χ0v) is 10.6. The Kier molecular flexibility index (Phi) is 3.44. The standard InChI is InChI=1S/C13H9F6NO2/c14-12(15,16)11(22,13(17,18)19)9-4-1-6-5-7(21)2-3-8(6)10(9)20/h1-5,21-22H,20H2. The first-order valence-electron chi connectivity index (χ1n) is 5.77. The number of anilines is 1. The third kappa shape index (κ3) is 2.21. The van der Waals surface area contributed by atoms with Crippen LogP contribution in [0.2, 0.25) is 0 Å². The van der Waals surface area contributed by atoms with Crippen molar-refractivity contribution in [3.05, 3.63) is 35.9 Å². The summed E-state index contributed by atoms with van der Waals surface area (Å²) in [5, 5.41) is 18.6. The Morgan fingerprint density at radius 1 is 0.864 bits per heavy atom. The lowest BCUT2D eigenvalue weighted by Crippen LogP contribution is -2.54. The van der Waals surface area contributed by atoms with Crippen LogP contribution in [0.1, 0.15) is 5.56 Å². The molecular formula is C13H9F6NO2. The molecule has 9 heteroatoms. The second-order valence-corrected chi connectivity index (χ2v) is 4.64. The molecule has 22 heavy (non-hydrogen) atoms. The number of phenolic OH excluding ortho intramolecular Hbond substituents is 1. The van der Waals surface area contributed by atoms with Crippen LogP contribution in [0, 0.1) is 0 Å². The van der Waals surface area contributed by atoms with Gasteiger partial charge in [-0.25, -0.2) is 0 Å². The Balaban J connectivity index is 2.82. The van der Waals surface area contributed by atoms with E-state index in [0.717, 1.165) is 24.3 Å². The van der Waals surface area contributed by atoms with E-state index in [1.165, 1.54) is 0 Å². The molecular weight excluding hydrogens is 316 g/mol. The van der Waals surface area contributed by atoms with Gasteiger partial charge in [-0.15, -0.1) is 0 Å². The van der Waals surface area contributed by atoms with Gasteiger partial charge in [0, 0.05) is 16.6 Å². The van der Waals surface area contributed by atoms with Crippen LogP contribution in [0.15, 0.2) is 30.3 Å². The Labute approximate surface area is 119 Å². The molecule has 0 aliphatic heterocycles. The largest absolute Gasteiger partial charge is 0.508 e. The number of hydrogen-bond donors (Lipinski definition) is 3. The molecule has 0 radical (unpaired) electrons. The quantitative estimate of drug-likeness (QED) is 0.556. The maximum Gasteiger partial charge on any atom is 0.430 e. The normalized spacial score (nSPS) is 13.6. The molecule has 0 unspecified atom stereocenters. The van der Waals surface area contributed by atoms with E-state index in [-0.39, 0.29) is 16.5 Å². The molecule has 0 spiro atoms. The molecule has 3 nitrogen and oxygen atoms in total. The number of alkyl halides is 6. The van der Waals surface area contributed by atoms with Crippen molar-refractivity contribution in [3.63, 3.8) is 0 Å². The summed E-state index contributed by atoms with van der Waals surface area (Å²) in [6.45, 7) is 0. The molecule has 0 amide bonds. The van der Waals surface area contributed by atoms with Gasteiger partial charge in [0.05, 0.1) is 0 Å². The highest BCUT2D eigenvalue weighted by Crippen LogP contribution is 2.52. The van der Waals surface area contributed by atoms with Crippen LogP contribution in [0.3, 0.4) is 0 Å². The van der Waals surface area contributed by atoms with Crippen LogP contribution < -0.4 is 5.73 Å². The van der Waals surface area contributed by atoms with Gasteiger partial charge in [0.2, 0.25) is 0 Å².